The summed E-state index contributed by atoms with van der Waals surface area (Å²) in [5.74, 6) is -0.251. The molecule has 0 spiro atoms. The fraction of sp³-hybridized carbons (Fsp3) is 0.200. The number of carbonyl (C=O) groups is 1. The third kappa shape index (κ3) is 3.44. The van der Waals surface area contributed by atoms with Gasteiger partial charge >= 0.3 is 0 Å². The molecule has 134 valence electrons. The lowest BCUT2D eigenvalue weighted by atomic mass is 10.0. The number of aromatic hydroxyl groups is 1. The van der Waals surface area contributed by atoms with Gasteiger partial charge < -0.3 is 14.6 Å². The number of halogens is 1. The largest absolute Gasteiger partial charge is 0.507 e. The predicted octanol–water partition coefficient (Wildman–Crippen LogP) is 4.11. The molecule has 0 unspecified atom stereocenters. The van der Waals surface area contributed by atoms with E-state index in [4.69, 9.17) is 9.47 Å². The first-order valence-corrected chi connectivity index (χ1v) is 8.26. The number of hydrogen-bond donors (Lipinski definition) is 1. The van der Waals surface area contributed by atoms with Crippen molar-refractivity contribution in [2.24, 2.45) is 0 Å². The number of rotatable bonds is 6. The highest BCUT2D eigenvalue weighted by Crippen LogP contribution is 2.33. The summed E-state index contributed by atoms with van der Waals surface area (Å²) in [5, 5.41) is 10.5. The first-order valence-electron chi connectivity index (χ1n) is 8.26. The number of aromatic nitrogens is 1. The minimum atomic E-state index is -0.597. The van der Waals surface area contributed by atoms with Crippen LogP contribution in [0.5, 0.6) is 17.2 Å². The molecule has 5 nitrogen and oxygen atoms in total. The molecule has 2 aromatic carbocycles. The van der Waals surface area contributed by atoms with Gasteiger partial charge in [0.25, 0.3) is 0 Å². The molecule has 3 aromatic rings. The maximum absolute atomic E-state index is 13.4. The summed E-state index contributed by atoms with van der Waals surface area (Å²) in [5.41, 5.74) is 0.768. The average Bonchev–Trinajstić information content (AvgIpc) is 2.63. The molecule has 6 heteroatoms. The average molecular weight is 355 g/mol. The second-order valence-corrected chi connectivity index (χ2v) is 5.57. The van der Waals surface area contributed by atoms with Crippen LogP contribution in [0.3, 0.4) is 0 Å². The van der Waals surface area contributed by atoms with Crippen LogP contribution in [0.1, 0.15) is 29.8 Å². The predicted molar refractivity (Wildman–Crippen MR) is 95.6 cm³/mol. The molecule has 1 N–H and O–H groups in total. The van der Waals surface area contributed by atoms with Gasteiger partial charge in [-0.05, 0) is 44.2 Å². The third-order valence-corrected chi connectivity index (χ3v) is 3.81. The van der Waals surface area contributed by atoms with Crippen LogP contribution in [0, 0.1) is 5.82 Å². The van der Waals surface area contributed by atoms with Crippen molar-refractivity contribution in [2.45, 2.75) is 13.8 Å². The van der Waals surface area contributed by atoms with Crippen molar-refractivity contribution in [3.8, 4) is 17.2 Å². The Labute approximate surface area is 150 Å². The first kappa shape index (κ1) is 17.7. The Kier molecular flexibility index (Phi) is 5.02. The molecular formula is C20H18FNO4. The highest BCUT2D eigenvalue weighted by molar-refractivity contribution is 6.11. The maximum atomic E-state index is 13.4. The van der Waals surface area contributed by atoms with Crippen molar-refractivity contribution in [1.82, 2.24) is 4.98 Å². The van der Waals surface area contributed by atoms with Crippen LogP contribution >= 0.6 is 0 Å². The summed E-state index contributed by atoms with van der Waals surface area (Å²) in [7, 11) is 0. The molecule has 26 heavy (non-hydrogen) atoms. The number of hydrogen-bond acceptors (Lipinski definition) is 5. The molecule has 0 fully saturated rings. The van der Waals surface area contributed by atoms with E-state index in [0.29, 0.717) is 35.6 Å². The van der Waals surface area contributed by atoms with Gasteiger partial charge in [0.2, 0.25) is 0 Å². The van der Waals surface area contributed by atoms with Crippen molar-refractivity contribution in [3.63, 3.8) is 0 Å². The first-order chi connectivity index (χ1) is 12.5. The molecule has 0 aliphatic carbocycles. The zero-order chi connectivity index (χ0) is 18.7. The normalized spacial score (nSPS) is 10.7. The summed E-state index contributed by atoms with van der Waals surface area (Å²) in [6.07, 6.45) is 1.39. The Morgan fingerprint density at radius 1 is 1.08 bits per heavy atom. The molecule has 1 heterocycles. The van der Waals surface area contributed by atoms with Gasteiger partial charge in [0, 0.05) is 23.2 Å². The van der Waals surface area contributed by atoms with Crippen LogP contribution in [0.15, 0.2) is 42.6 Å². The standard InChI is InChI=1S/C20H18FNO4/c1-3-25-18-8-12-7-13(11-22-16(12)10-19(18)26-4-2)20(24)15-9-14(21)5-6-17(15)23/h5-11,23H,3-4H2,1-2H3. The summed E-state index contributed by atoms with van der Waals surface area (Å²) < 4.78 is 24.6. The molecule has 0 radical (unpaired) electrons. The molecule has 0 saturated carbocycles. The highest BCUT2D eigenvalue weighted by atomic mass is 19.1. The van der Waals surface area contributed by atoms with E-state index >= 15 is 0 Å². The Balaban J connectivity index is 2.06. The minimum absolute atomic E-state index is 0.109. The SMILES string of the molecule is CCOc1cc2cc(C(=O)c3cc(F)ccc3O)cnc2cc1OCC. The summed E-state index contributed by atoms with van der Waals surface area (Å²) >= 11 is 0. The molecule has 0 atom stereocenters. The smallest absolute Gasteiger partial charge is 0.198 e. The van der Waals surface area contributed by atoms with Crippen LogP contribution in [0.25, 0.3) is 10.9 Å². The second-order valence-electron chi connectivity index (χ2n) is 5.57. The maximum Gasteiger partial charge on any atom is 0.198 e. The topological polar surface area (TPSA) is 68.7 Å². The number of fused-ring (bicyclic) bond motifs is 1. The lowest BCUT2D eigenvalue weighted by Gasteiger charge is -2.12. The van der Waals surface area contributed by atoms with Gasteiger partial charge in [-0.2, -0.15) is 0 Å². The van der Waals surface area contributed by atoms with Gasteiger partial charge in [-0.15, -0.1) is 0 Å². The quantitative estimate of drug-likeness (QED) is 0.674. The number of benzene rings is 2. The Morgan fingerprint density at radius 2 is 1.77 bits per heavy atom. The molecule has 1 aromatic heterocycles. The van der Waals surface area contributed by atoms with Gasteiger partial charge in [0.1, 0.15) is 11.6 Å². The van der Waals surface area contributed by atoms with E-state index in [1.54, 1.807) is 18.2 Å². The monoisotopic (exact) mass is 355 g/mol. The van der Waals surface area contributed by atoms with Crippen molar-refractivity contribution in [3.05, 3.63) is 59.5 Å². The Hall–Kier alpha value is -3.15. The number of ketones is 1. The van der Waals surface area contributed by atoms with E-state index in [1.807, 2.05) is 13.8 Å². The number of phenolic OH excluding ortho intramolecular Hbond substituents is 1. The third-order valence-electron chi connectivity index (χ3n) is 3.81. The Bertz CT molecular complexity index is 971. The van der Waals surface area contributed by atoms with Crippen molar-refractivity contribution in [1.29, 1.82) is 0 Å². The number of carbonyl (C=O) groups excluding carboxylic acids is 1. The van der Waals surface area contributed by atoms with Gasteiger partial charge in [-0.1, -0.05) is 0 Å². The van der Waals surface area contributed by atoms with Gasteiger partial charge in [-0.25, -0.2) is 4.39 Å². The minimum Gasteiger partial charge on any atom is -0.507 e. The van der Waals surface area contributed by atoms with E-state index in [2.05, 4.69) is 4.98 Å². The Morgan fingerprint density at radius 3 is 2.46 bits per heavy atom. The van der Waals surface area contributed by atoms with E-state index in [-0.39, 0.29) is 16.9 Å². The lowest BCUT2D eigenvalue weighted by Crippen LogP contribution is -2.04. The molecular weight excluding hydrogens is 337 g/mol. The van der Waals surface area contributed by atoms with Crippen molar-refractivity contribution >= 4 is 16.7 Å². The summed E-state index contributed by atoms with van der Waals surface area (Å²) in [4.78, 5) is 16.9. The number of ether oxygens (including phenoxy) is 2. The molecule has 0 aliphatic heterocycles. The molecule has 0 saturated heterocycles. The fourth-order valence-corrected chi connectivity index (χ4v) is 2.64. The van der Waals surface area contributed by atoms with Crippen LogP contribution in [-0.2, 0) is 0 Å². The number of pyridine rings is 1. The molecule has 0 bridgehead atoms. The van der Waals surface area contributed by atoms with Gasteiger partial charge in [-0.3, -0.25) is 9.78 Å². The van der Waals surface area contributed by atoms with Crippen molar-refractivity contribution in [2.75, 3.05) is 13.2 Å². The van der Waals surface area contributed by atoms with E-state index in [0.717, 1.165) is 18.2 Å². The number of phenols is 1. The zero-order valence-corrected chi connectivity index (χ0v) is 14.5. The molecule has 0 amide bonds. The fourth-order valence-electron chi connectivity index (χ4n) is 2.64. The van der Waals surface area contributed by atoms with Gasteiger partial charge in [0.15, 0.2) is 17.3 Å². The summed E-state index contributed by atoms with van der Waals surface area (Å²) in [6, 6.07) is 8.38. The van der Waals surface area contributed by atoms with E-state index in [1.165, 1.54) is 6.20 Å². The summed E-state index contributed by atoms with van der Waals surface area (Å²) in [6.45, 7) is 4.70. The molecule has 0 aliphatic rings. The van der Waals surface area contributed by atoms with E-state index in [9.17, 15) is 14.3 Å². The van der Waals surface area contributed by atoms with Crippen molar-refractivity contribution < 1.29 is 23.8 Å². The highest BCUT2D eigenvalue weighted by Gasteiger charge is 2.16. The van der Waals surface area contributed by atoms with Gasteiger partial charge in [0.05, 0.1) is 24.3 Å². The zero-order valence-electron chi connectivity index (χ0n) is 14.5. The molecule has 3 rings (SSSR count). The van der Waals surface area contributed by atoms with Crippen LogP contribution in [0.4, 0.5) is 4.39 Å². The van der Waals surface area contributed by atoms with Crippen LogP contribution < -0.4 is 9.47 Å². The van der Waals surface area contributed by atoms with Crippen LogP contribution in [0.2, 0.25) is 0 Å². The second kappa shape index (κ2) is 7.39. The number of nitrogens with zero attached hydrogens (tertiary/aromatic N) is 1. The van der Waals surface area contributed by atoms with Crippen LogP contribution in [-0.4, -0.2) is 29.1 Å². The lowest BCUT2D eigenvalue weighted by molar-refractivity contribution is 0.103. The van der Waals surface area contributed by atoms with E-state index < -0.39 is 11.6 Å².